The van der Waals surface area contributed by atoms with E-state index in [1.165, 1.54) is 0 Å². The zero-order chi connectivity index (χ0) is 15.3. The van der Waals surface area contributed by atoms with Gasteiger partial charge in [-0.15, -0.1) is 0 Å². The number of hydrogen-bond donors (Lipinski definition) is 4. The van der Waals surface area contributed by atoms with Gasteiger partial charge in [-0.05, 0) is 6.42 Å². The van der Waals surface area contributed by atoms with E-state index < -0.39 is 46.3 Å². The first-order valence-electron chi connectivity index (χ1n) is 6.87. The molecule has 1 rings (SSSR count). The molecule has 0 spiro atoms. The first-order chi connectivity index (χ1) is 9.35. The minimum atomic E-state index is -3.77. The Morgan fingerprint density at radius 2 is 1.65 bits per heavy atom. The van der Waals surface area contributed by atoms with Crippen LogP contribution in [0.2, 0.25) is 0 Å². The van der Waals surface area contributed by atoms with Crippen molar-refractivity contribution >= 4 is 9.84 Å². The number of hydrogen-bond acceptors (Lipinski definition) is 7. The Morgan fingerprint density at radius 3 is 2.20 bits per heavy atom. The van der Waals surface area contributed by atoms with Crippen LogP contribution >= 0.6 is 0 Å². The van der Waals surface area contributed by atoms with E-state index in [9.17, 15) is 23.7 Å². The van der Waals surface area contributed by atoms with Gasteiger partial charge in [-0.2, -0.15) is 0 Å². The topological polar surface area (TPSA) is 124 Å². The molecule has 0 aromatic heterocycles. The van der Waals surface area contributed by atoms with Gasteiger partial charge in [-0.3, -0.25) is 0 Å². The molecule has 4 N–H and O–H groups in total. The van der Waals surface area contributed by atoms with Crippen molar-refractivity contribution in [1.82, 2.24) is 0 Å². The molecule has 0 bridgehead atoms. The van der Waals surface area contributed by atoms with Crippen molar-refractivity contribution in [2.24, 2.45) is 0 Å². The van der Waals surface area contributed by atoms with Gasteiger partial charge in [0.05, 0.1) is 12.4 Å². The van der Waals surface area contributed by atoms with Crippen molar-refractivity contribution in [2.45, 2.75) is 62.5 Å². The second-order valence-electron chi connectivity index (χ2n) is 5.12. The molecule has 8 heteroatoms. The maximum Gasteiger partial charge on any atom is 0.187 e. The number of unbranched alkanes of at least 4 members (excludes halogenated alkanes) is 3. The summed E-state index contributed by atoms with van der Waals surface area (Å²) in [5.74, 6) is -0.157. The maximum atomic E-state index is 12.1. The van der Waals surface area contributed by atoms with Crippen LogP contribution in [0, 0.1) is 0 Å². The van der Waals surface area contributed by atoms with Crippen LogP contribution in [0.25, 0.3) is 0 Å². The Morgan fingerprint density at radius 1 is 1.00 bits per heavy atom. The summed E-state index contributed by atoms with van der Waals surface area (Å²) in [5.41, 5.74) is -1.61. The number of aliphatic hydroxyl groups is 4. The lowest BCUT2D eigenvalue weighted by atomic mass is 10.0. The fourth-order valence-electron chi connectivity index (χ4n) is 2.21. The van der Waals surface area contributed by atoms with Crippen LogP contribution in [0.5, 0.6) is 0 Å². The molecule has 1 fully saturated rings. The van der Waals surface area contributed by atoms with Gasteiger partial charge in [0.25, 0.3) is 0 Å². The van der Waals surface area contributed by atoms with Crippen molar-refractivity contribution < 1.29 is 33.6 Å². The second-order valence-corrected chi connectivity index (χ2v) is 7.32. The summed E-state index contributed by atoms with van der Waals surface area (Å²) < 4.78 is 29.3. The highest BCUT2D eigenvalue weighted by Gasteiger charge is 2.48. The summed E-state index contributed by atoms with van der Waals surface area (Å²) in [6.07, 6.45) is -3.01. The van der Waals surface area contributed by atoms with E-state index >= 15 is 0 Å². The summed E-state index contributed by atoms with van der Waals surface area (Å²) in [5, 5.41) is 38.0. The molecule has 1 aliphatic rings. The van der Waals surface area contributed by atoms with Crippen LogP contribution in [0.1, 0.15) is 32.6 Å². The van der Waals surface area contributed by atoms with Gasteiger partial charge in [-0.25, -0.2) is 8.42 Å². The third-order valence-electron chi connectivity index (χ3n) is 3.48. The summed E-state index contributed by atoms with van der Waals surface area (Å²) in [6, 6.07) is 0. The van der Waals surface area contributed by atoms with E-state index in [1.807, 2.05) is 6.92 Å². The lowest BCUT2D eigenvalue weighted by Crippen LogP contribution is -2.60. The number of aliphatic hydroxyl groups excluding tert-OH is 4. The molecular formula is C12H24O7S. The number of ether oxygens (including phenoxy) is 1. The number of rotatable bonds is 7. The van der Waals surface area contributed by atoms with Crippen LogP contribution in [-0.4, -0.2) is 71.1 Å². The molecule has 1 aliphatic heterocycles. The van der Waals surface area contributed by atoms with Crippen molar-refractivity contribution in [3.05, 3.63) is 0 Å². The van der Waals surface area contributed by atoms with E-state index in [0.717, 1.165) is 19.3 Å². The molecule has 20 heavy (non-hydrogen) atoms. The molecule has 1 heterocycles. The highest BCUT2D eigenvalue weighted by molar-refractivity contribution is 7.91. The van der Waals surface area contributed by atoms with Gasteiger partial charge in [0.2, 0.25) is 0 Å². The van der Waals surface area contributed by atoms with Crippen LogP contribution in [0.3, 0.4) is 0 Å². The van der Waals surface area contributed by atoms with Crippen molar-refractivity contribution in [3.8, 4) is 0 Å². The van der Waals surface area contributed by atoms with E-state index in [2.05, 4.69) is 0 Å². The van der Waals surface area contributed by atoms with Crippen LogP contribution < -0.4 is 0 Å². The number of sulfone groups is 1. The molecule has 5 atom stereocenters. The van der Waals surface area contributed by atoms with Gasteiger partial charge < -0.3 is 25.2 Å². The normalized spacial score (nSPS) is 35.1. The quantitative estimate of drug-likeness (QED) is 0.434. The SMILES string of the molecule is CCCCCCS(=O)(=O)[C@H]1O[C@H](CO)[C@@H](O)[C@H](O)[C@@H]1O. The molecule has 0 aromatic rings. The highest BCUT2D eigenvalue weighted by Crippen LogP contribution is 2.25. The highest BCUT2D eigenvalue weighted by atomic mass is 32.2. The minimum absolute atomic E-state index is 0.157. The average molecular weight is 312 g/mol. The molecule has 0 aromatic carbocycles. The largest absolute Gasteiger partial charge is 0.394 e. The molecule has 7 nitrogen and oxygen atoms in total. The first kappa shape index (κ1) is 17.8. The van der Waals surface area contributed by atoms with Gasteiger partial charge >= 0.3 is 0 Å². The second kappa shape index (κ2) is 7.67. The van der Waals surface area contributed by atoms with Gasteiger partial charge in [0.1, 0.15) is 24.4 Å². The predicted molar refractivity (Wildman–Crippen MR) is 71.7 cm³/mol. The van der Waals surface area contributed by atoms with E-state index in [4.69, 9.17) is 9.84 Å². The smallest absolute Gasteiger partial charge is 0.187 e. The molecule has 0 unspecified atom stereocenters. The molecular weight excluding hydrogens is 288 g/mol. The monoisotopic (exact) mass is 312 g/mol. The summed E-state index contributed by atoms with van der Waals surface area (Å²) >= 11 is 0. The van der Waals surface area contributed by atoms with Crippen molar-refractivity contribution in [3.63, 3.8) is 0 Å². The molecule has 0 aliphatic carbocycles. The summed E-state index contributed by atoms with van der Waals surface area (Å²) in [7, 11) is -3.77. The third kappa shape index (κ3) is 4.12. The zero-order valence-corrected chi connectivity index (χ0v) is 12.4. The van der Waals surface area contributed by atoms with E-state index in [1.54, 1.807) is 0 Å². The van der Waals surface area contributed by atoms with Crippen molar-refractivity contribution in [1.29, 1.82) is 0 Å². The van der Waals surface area contributed by atoms with Gasteiger partial charge in [0, 0.05) is 0 Å². The first-order valence-corrected chi connectivity index (χ1v) is 8.58. The standard InChI is InChI=1S/C12H24O7S/c1-2-3-4-5-6-20(17,18)12-11(16)10(15)9(14)8(7-13)19-12/h8-16H,2-7H2,1H3/t8-,9-,10+,11+,12-/m1/s1. The third-order valence-corrected chi connectivity index (χ3v) is 5.44. The van der Waals surface area contributed by atoms with Gasteiger partial charge in [0.15, 0.2) is 15.3 Å². The zero-order valence-electron chi connectivity index (χ0n) is 11.6. The van der Waals surface area contributed by atoms with Crippen LogP contribution in [-0.2, 0) is 14.6 Å². The fraction of sp³-hybridized carbons (Fsp3) is 1.00. The molecule has 1 saturated heterocycles. The lowest BCUT2D eigenvalue weighted by Gasteiger charge is -2.39. The average Bonchev–Trinajstić information content (AvgIpc) is 2.41. The molecule has 120 valence electrons. The predicted octanol–water partition coefficient (Wildman–Crippen LogP) is -1.22. The van der Waals surface area contributed by atoms with Crippen LogP contribution in [0.15, 0.2) is 0 Å². The molecule has 0 amide bonds. The summed E-state index contributed by atoms with van der Waals surface area (Å²) in [6.45, 7) is 1.37. The molecule has 0 saturated carbocycles. The Hall–Kier alpha value is -0.250. The minimum Gasteiger partial charge on any atom is -0.394 e. The Bertz CT molecular complexity index is 381. The van der Waals surface area contributed by atoms with E-state index in [0.29, 0.717) is 6.42 Å². The van der Waals surface area contributed by atoms with Gasteiger partial charge in [-0.1, -0.05) is 26.2 Å². The Kier molecular flexibility index (Phi) is 6.83. The Labute approximate surface area is 119 Å². The van der Waals surface area contributed by atoms with Crippen molar-refractivity contribution in [2.75, 3.05) is 12.4 Å². The maximum absolute atomic E-state index is 12.1. The Balaban J connectivity index is 2.72. The molecule has 0 radical (unpaired) electrons. The lowest BCUT2D eigenvalue weighted by molar-refractivity contribution is -0.207. The van der Waals surface area contributed by atoms with E-state index in [-0.39, 0.29) is 5.75 Å². The van der Waals surface area contributed by atoms with Crippen LogP contribution in [0.4, 0.5) is 0 Å². The fourth-order valence-corrected chi connectivity index (χ4v) is 3.95. The summed E-state index contributed by atoms with van der Waals surface area (Å²) in [4.78, 5) is 0.